The van der Waals surface area contributed by atoms with E-state index in [1.54, 1.807) is 13.2 Å². The van der Waals surface area contributed by atoms with E-state index in [0.717, 1.165) is 0 Å². The lowest BCUT2D eigenvalue weighted by atomic mass is 10.3. The molecule has 2 nitrogen and oxygen atoms in total. The molecule has 12 heavy (non-hydrogen) atoms. The highest BCUT2D eigenvalue weighted by atomic mass is 19.1. The molecule has 3 heteroatoms. The monoisotopic (exact) mass is 169 g/mol. The molecule has 0 saturated heterocycles. The molecule has 0 bridgehead atoms. The second kappa shape index (κ2) is 4.72. The number of rotatable bonds is 4. The van der Waals surface area contributed by atoms with Gasteiger partial charge < -0.3 is 9.47 Å². The Kier molecular flexibility index (Phi) is 3.54. The van der Waals surface area contributed by atoms with Gasteiger partial charge in [0.15, 0.2) is 0 Å². The topological polar surface area (TPSA) is 18.5 Å². The summed E-state index contributed by atoms with van der Waals surface area (Å²) in [5, 5.41) is 0. The molecule has 1 aromatic rings. The van der Waals surface area contributed by atoms with Crippen LogP contribution in [-0.4, -0.2) is 20.3 Å². The fourth-order valence-electron chi connectivity index (χ4n) is 0.749. The first kappa shape index (κ1) is 9.00. The van der Waals surface area contributed by atoms with Crippen LogP contribution in [0.5, 0.6) is 5.75 Å². The van der Waals surface area contributed by atoms with Crippen molar-refractivity contribution < 1.29 is 13.9 Å². The van der Waals surface area contributed by atoms with Gasteiger partial charge in [0.2, 0.25) is 0 Å². The molecule has 0 amide bonds. The summed E-state index contributed by atoms with van der Waals surface area (Å²) in [6.07, 6.45) is 0. The van der Waals surface area contributed by atoms with Gasteiger partial charge in [0.1, 0.15) is 18.2 Å². The Morgan fingerprint density at radius 3 is 2.92 bits per heavy atom. The number of hydrogen-bond donors (Lipinski definition) is 0. The normalized spacial score (nSPS) is 9.83. The second-order valence-electron chi connectivity index (χ2n) is 2.23. The smallest absolute Gasteiger partial charge is 0.127 e. The maximum absolute atomic E-state index is 12.5. The minimum Gasteiger partial charge on any atom is -0.491 e. The van der Waals surface area contributed by atoms with Crippen molar-refractivity contribution in [1.82, 2.24) is 0 Å². The zero-order valence-electron chi connectivity index (χ0n) is 6.84. The highest BCUT2D eigenvalue weighted by molar-refractivity contribution is 5.21. The SMILES string of the molecule is COCCOc1c[c]cc(F)c1. The third-order valence-electron chi connectivity index (χ3n) is 1.28. The maximum Gasteiger partial charge on any atom is 0.127 e. The highest BCUT2D eigenvalue weighted by Gasteiger charge is 1.94. The van der Waals surface area contributed by atoms with Crippen LogP contribution in [0.2, 0.25) is 0 Å². The predicted octanol–water partition coefficient (Wildman–Crippen LogP) is 1.65. The molecule has 0 atom stereocenters. The van der Waals surface area contributed by atoms with Crippen LogP contribution in [0.4, 0.5) is 4.39 Å². The average molecular weight is 169 g/mol. The van der Waals surface area contributed by atoms with Crippen molar-refractivity contribution in [3.8, 4) is 5.75 Å². The fourth-order valence-corrected chi connectivity index (χ4v) is 0.749. The number of hydrogen-bond acceptors (Lipinski definition) is 2. The summed E-state index contributed by atoms with van der Waals surface area (Å²) < 4.78 is 22.4. The first-order valence-electron chi connectivity index (χ1n) is 3.61. The minimum atomic E-state index is -0.343. The number of methoxy groups -OCH3 is 1. The van der Waals surface area contributed by atoms with Gasteiger partial charge in [0, 0.05) is 13.2 Å². The Balaban J connectivity index is 2.41. The third-order valence-corrected chi connectivity index (χ3v) is 1.28. The molecule has 0 unspecified atom stereocenters. The van der Waals surface area contributed by atoms with Crippen LogP contribution in [0.1, 0.15) is 0 Å². The average Bonchev–Trinajstić information content (AvgIpc) is 2.05. The quantitative estimate of drug-likeness (QED) is 0.638. The van der Waals surface area contributed by atoms with E-state index in [1.807, 2.05) is 0 Å². The zero-order valence-corrected chi connectivity index (χ0v) is 6.84. The second-order valence-corrected chi connectivity index (χ2v) is 2.23. The molecule has 1 aromatic carbocycles. The summed E-state index contributed by atoms with van der Waals surface area (Å²) in [5.74, 6) is 0.136. The Labute approximate surface area is 70.9 Å². The van der Waals surface area contributed by atoms with Gasteiger partial charge in [-0.1, -0.05) is 0 Å². The van der Waals surface area contributed by atoms with Crippen LogP contribution in [0, 0.1) is 11.9 Å². The van der Waals surface area contributed by atoms with Crippen LogP contribution in [0.3, 0.4) is 0 Å². The lowest BCUT2D eigenvalue weighted by Crippen LogP contribution is -2.04. The largest absolute Gasteiger partial charge is 0.491 e. The van der Waals surface area contributed by atoms with Gasteiger partial charge in [0.05, 0.1) is 6.61 Å². The number of benzene rings is 1. The molecular formula is C9H10FO2. The highest BCUT2D eigenvalue weighted by Crippen LogP contribution is 2.10. The molecule has 0 aliphatic heterocycles. The van der Waals surface area contributed by atoms with Gasteiger partial charge in [-0.05, 0) is 18.2 Å². The van der Waals surface area contributed by atoms with E-state index in [0.29, 0.717) is 19.0 Å². The lowest BCUT2D eigenvalue weighted by molar-refractivity contribution is 0.146. The molecule has 0 saturated carbocycles. The maximum atomic E-state index is 12.5. The van der Waals surface area contributed by atoms with Crippen LogP contribution in [0.25, 0.3) is 0 Å². The molecule has 0 aliphatic rings. The van der Waals surface area contributed by atoms with Gasteiger partial charge >= 0.3 is 0 Å². The van der Waals surface area contributed by atoms with Gasteiger partial charge in [-0.2, -0.15) is 0 Å². The molecule has 65 valence electrons. The van der Waals surface area contributed by atoms with E-state index in [9.17, 15) is 4.39 Å². The zero-order chi connectivity index (χ0) is 8.81. The van der Waals surface area contributed by atoms with Gasteiger partial charge in [-0.3, -0.25) is 0 Å². The van der Waals surface area contributed by atoms with E-state index in [2.05, 4.69) is 6.07 Å². The summed E-state index contributed by atoms with van der Waals surface area (Å²) >= 11 is 0. The Morgan fingerprint density at radius 2 is 2.25 bits per heavy atom. The van der Waals surface area contributed by atoms with Crippen molar-refractivity contribution in [2.45, 2.75) is 0 Å². The lowest BCUT2D eigenvalue weighted by Gasteiger charge is -2.03. The van der Waals surface area contributed by atoms with Crippen LogP contribution in [0.15, 0.2) is 18.2 Å². The van der Waals surface area contributed by atoms with Crippen molar-refractivity contribution in [3.63, 3.8) is 0 Å². The van der Waals surface area contributed by atoms with Crippen LogP contribution >= 0.6 is 0 Å². The molecule has 0 N–H and O–H groups in total. The molecule has 0 fully saturated rings. The Bertz CT molecular complexity index is 238. The number of halogens is 1. The molecule has 1 radical (unpaired) electrons. The summed E-state index contributed by atoms with van der Waals surface area (Å²) in [7, 11) is 1.58. The minimum absolute atomic E-state index is 0.343. The molecule has 0 aliphatic carbocycles. The Morgan fingerprint density at radius 1 is 1.42 bits per heavy atom. The Hall–Kier alpha value is -1.09. The van der Waals surface area contributed by atoms with E-state index in [-0.39, 0.29) is 5.82 Å². The van der Waals surface area contributed by atoms with Crippen molar-refractivity contribution in [3.05, 3.63) is 30.1 Å². The van der Waals surface area contributed by atoms with Crippen LogP contribution in [-0.2, 0) is 4.74 Å². The summed E-state index contributed by atoms with van der Waals surface area (Å²) in [5.41, 5.74) is 0. The van der Waals surface area contributed by atoms with Crippen molar-refractivity contribution >= 4 is 0 Å². The standard InChI is InChI=1S/C9H10FO2/c1-11-5-6-12-9-4-2-3-8(10)7-9/h3-4,7H,5-6H2,1H3. The fraction of sp³-hybridized carbons (Fsp3) is 0.333. The van der Waals surface area contributed by atoms with Crippen LogP contribution < -0.4 is 4.74 Å². The summed E-state index contributed by atoms with van der Waals surface area (Å²) in [6.45, 7) is 0.921. The first-order valence-corrected chi connectivity index (χ1v) is 3.61. The predicted molar refractivity (Wildman–Crippen MR) is 42.6 cm³/mol. The van der Waals surface area contributed by atoms with E-state index in [1.165, 1.54) is 12.1 Å². The van der Waals surface area contributed by atoms with E-state index in [4.69, 9.17) is 9.47 Å². The van der Waals surface area contributed by atoms with Crippen molar-refractivity contribution in [2.75, 3.05) is 20.3 Å². The molecule has 1 rings (SSSR count). The van der Waals surface area contributed by atoms with Gasteiger partial charge in [0.25, 0.3) is 0 Å². The van der Waals surface area contributed by atoms with Gasteiger partial charge in [-0.15, -0.1) is 0 Å². The first-order chi connectivity index (χ1) is 5.83. The van der Waals surface area contributed by atoms with Crippen molar-refractivity contribution in [1.29, 1.82) is 0 Å². The van der Waals surface area contributed by atoms with Gasteiger partial charge in [-0.25, -0.2) is 4.39 Å². The number of ether oxygens (including phenoxy) is 2. The molecule has 0 heterocycles. The molecule has 0 spiro atoms. The van der Waals surface area contributed by atoms with E-state index >= 15 is 0 Å². The van der Waals surface area contributed by atoms with E-state index < -0.39 is 0 Å². The molecule has 0 aromatic heterocycles. The summed E-state index contributed by atoms with van der Waals surface area (Å²) in [6, 6.07) is 6.76. The van der Waals surface area contributed by atoms with Crippen molar-refractivity contribution in [2.24, 2.45) is 0 Å². The molecular weight excluding hydrogens is 159 g/mol. The third kappa shape index (κ3) is 2.88. The summed E-state index contributed by atoms with van der Waals surface area (Å²) in [4.78, 5) is 0.